The van der Waals surface area contributed by atoms with Gasteiger partial charge >= 0.3 is 0 Å². The number of ether oxygens (including phenoxy) is 1. The first kappa shape index (κ1) is 14.1. The molecule has 1 heterocycles. The lowest BCUT2D eigenvalue weighted by Crippen LogP contribution is -2.20. The predicted molar refractivity (Wildman–Crippen MR) is 77.6 cm³/mol. The molecule has 7 heteroatoms. The van der Waals surface area contributed by atoms with E-state index in [4.69, 9.17) is 15.0 Å². The molecular formula is C15H15N3O4. The Bertz CT molecular complexity index is 689. The summed E-state index contributed by atoms with van der Waals surface area (Å²) in [5.74, 6) is 0.793. The van der Waals surface area contributed by atoms with Crippen molar-refractivity contribution >= 4 is 17.5 Å². The maximum atomic E-state index is 12.0. The number of primary amides is 1. The molecule has 3 rings (SSSR count). The highest BCUT2D eigenvalue weighted by Crippen LogP contribution is 2.40. The maximum absolute atomic E-state index is 12.0. The molecule has 22 heavy (non-hydrogen) atoms. The zero-order valence-corrected chi connectivity index (χ0v) is 11.7. The van der Waals surface area contributed by atoms with E-state index >= 15 is 0 Å². The van der Waals surface area contributed by atoms with Gasteiger partial charge in [0.2, 0.25) is 0 Å². The average molecular weight is 301 g/mol. The fourth-order valence-electron chi connectivity index (χ4n) is 1.94. The van der Waals surface area contributed by atoms with Crippen LogP contribution in [0.15, 0.2) is 34.9 Å². The van der Waals surface area contributed by atoms with E-state index in [0.717, 1.165) is 18.6 Å². The molecule has 2 amide bonds. The number of aromatic nitrogens is 1. The molecule has 3 N–H and O–H groups in total. The largest absolute Gasteiger partial charge is 0.484 e. The molecule has 1 saturated carbocycles. The number of nitrogens with zero attached hydrogens (tertiary/aromatic N) is 1. The van der Waals surface area contributed by atoms with Crippen LogP contribution >= 0.6 is 0 Å². The molecular weight excluding hydrogens is 286 g/mol. The van der Waals surface area contributed by atoms with E-state index in [1.54, 1.807) is 30.3 Å². The van der Waals surface area contributed by atoms with Crippen LogP contribution in [0, 0.1) is 0 Å². The zero-order chi connectivity index (χ0) is 15.5. The number of amides is 2. The summed E-state index contributed by atoms with van der Waals surface area (Å²) in [7, 11) is 0. The van der Waals surface area contributed by atoms with E-state index in [9.17, 15) is 9.59 Å². The van der Waals surface area contributed by atoms with Crippen LogP contribution in [0.4, 0.5) is 5.69 Å². The van der Waals surface area contributed by atoms with Gasteiger partial charge in [-0.15, -0.1) is 0 Å². The molecule has 114 valence electrons. The lowest BCUT2D eigenvalue weighted by atomic mass is 10.2. The van der Waals surface area contributed by atoms with Gasteiger partial charge in [0.05, 0.1) is 0 Å². The Balaban J connectivity index is 1.59. The SMILES string of the molecule is NC(=O)COc1ccc(NC(=O)c2cc(C3CC3)on2)cc1. The topological polar surface area (TPSA) is 107 Å². The number of anilines is 1. The summed E-state index contributed by atoms with van der Waals surface area (Å²) in [4.78, 5) is 22.7. The van der Waals surface area contributed by atoms with Gasteiger partial charge in [-0.1, -0.05) is 5.16 Å². The highest BCUT2D eigenvalue weighted by Gasteiger charge is 2.28. The minimum Gasteiger partial charge on any atom is -0.484 e. The Labute approximate surface area is 126 Å². The normalized spacial score (nSPS) is 13.6. The molecule has 0 atom stereocenters. The summed E-state index contributed by atoms with van der Waals surface area (Å²) in [5, 5.41) is 6.49. The molecule has 0 radical (unpaired) electrons. The highest BCUT2D eigenvalue weighted by atomic mass is 16.5. The Hall–Kier alpha value is -2.83. The average Bonchev–Trinajstić information content (AvgIpc) is 3.23. The third-order valence-corrected chi connectivity index (χ3v) is 3.23. The van der Waals surface area contributed by atoms with Gasteiger partial charge in [0, 0.05) is 17.7 Å². The molecule has 7 nitrogen and oxygen atoms in total. The van der Waals surface area contributed by atoms with Crippen LogP contribution in [0.5, 0.6) is 5.75 Å². The van der Waals surface area contributed by atoms with Gasteiger partial charge < -0.3 is 20.3 Å². The van der Waals surface area contributed by atoms with Gasteiger partial charge in [-0.25, -0.2) is 0 Å². The van der Waals surface area contributed by atoms with Crippen LogP contribution in [0.25, 0.3) is 0 Å². The van der Waals surface area contributed by atoms with Gasteiger partial charge in [0.25, 0.3) is 11.8 Å². The number of nitrogens with two attached hydrogens (primary N) is 1. The molecule has 0 unspecified atom stereocenters. The van der Waals surface area contributed by atoms with Crippen molar-refractivity contribution in [2.45, 2.75) is 18.8 Å². The number of hydrogen-bond donors (Lipinski definition) is 2. The van der Waals surface area contributed by atoms with Crippen molar-refractivity contribution in [1.29, 1.82) is 0 Å². The minimum absolute atomic E-state index is 0.186. The fraction of sp³-hybridized carbons (Fsp3) is 0.267. The molecule has 1 fully saturated rings. The second kappa shape index (κ2) is 5.88. The summed E-state index contributed by atoms with van der Waals surface area (Å²) in [6.45, 7) is -0.186. The molecule has 0 aliphatic heterocycles. The first-order chi connectivity index (χ1) is 10.6. The molecule has 0 bridgehead atoms. The van der Waals surface area contributed by atoms with Crippen molar-refractivity contribution in [1.82, 2.24) is 5.16 Å². The smallest absolute Gasteiger partial charge is 0.277 e. The van der Waals surface area contributed by atoms with Crippen LogP contribution in [-0.2, 0) is 4.79 Å². The lowest BCUT2D eigenvalue weighted by molar-refractivity contribution is -0.119. The summed E-state index contributed by atoms with van der Waals surface area (Å²) >= 11 is 0. The van der Waals surface area contributed by atoms with Crippen LogP contribution in [0.2, 0.25) is 0 Å². The van der Waals surface area contributed by atoms with Crippen molar-refractivity contribution in [3.63, 3.8) is 0 Å². The van der Waals surface area contributed by atoms with E-state index in [1.807, 2.05) is 0 Å². The number of hydrogen-bond acceptors (Lipinski definition) is 5. The summed E-state index contributed by atoms with van der Waals surface area (Å²) in [6, 6.07) is 8.28. The summed E-state index contributed by atoms with van der Waals surface area (Å²) < 4.78 is 10.3. The van der Waals surface area contributed by atoms with E-state index in [-0.39, 0.29) is 18.2 Å². The highest BCUT2D eigenvalue weighted by molar-refractivity contribution is 6.02. The second-order valence-corrected chi connectivity index (χ2v) is 5.12. The van der Waals surface area contributed by atoms with E-state index in [2.05, 4.69) is 10.5 Å². The summed E-state index contributed by atoms with van der Waals surface area (Å²) in [6.07, 6.45) is 2.17. The second-order valence-electron chi connectivity index (χ2n) is 5.12. The van der Waals surface area contributed by atoms with E-state index in [0.29, 0.717) is 17.4 Å². The number of benzene rings is 1. The number of carbonyl (C=O) groups is 2. The molecule has 2 aromatic rings. The van der Waals surface area contributed by atoms with Crippen molar-refractivity contribution in [2.24, 2.45) is 5.73 Å². The third-order valence-electron chi connectivity index (χ3n) is 3.23. The molecule has 1 aliphatic rings. The van der Waals surface area contributed by atoms with Gasteiger partial charge in [0.1, 0.15) is 11.5 Å². The van der Waals surface area contributed by atoms with Gasteiger partial charge in [-0.05, 0) is 37.1 Å². The minimum atomic E-state index is -0.546. The number of carbonyl (C=O) groups excluding carboxylic acids is 2. The van der Waals surface area contributed by atoms with Crippen LogP contribution in [0.3, 0.4) is 0 Å². The third kappa shape index (κ3) is 3.43. The lowest BCUT2D eigenvalue weighted by Gasteiger charge is -2.06. The van der Waals surface area contributed by atoms with Crippen LogP contribution in [0.1, 0.15) is 35.0 Å². The Morgan fingerprint density at radius 3 is 2.68 bits per heavy atom. The quantitative estimate of drug-likeness (QED) is 0.843. The van der Waals surface area contributed by atoms with E-state index < -0.39 is 5.91 Å². The first-order valence-electron chi connectivity index (χ1n) is 6.91. The molecule has 1 aromatic heterocycles. The van der Waals surface area contributed by atoms with Gasteiger partial charge in [-0.3, -0.25) is 9.59 Å². The van der Waals surface area contributed by atoms with Gasteiger partial charge in [0.15, 0.2) is 12.3 Å². The standard InChI is InChI=1S/C15H15N3O4/c16-14(19)8-21-11-5-3-10(4-6-11)17-15(20)12-7-13(22-18-12)9-1-2-9/h3-7,9H,1-2,8H2,(H2,16,19)(H,17,20). The Kier molecular flexibility index (Phi) is 3.78. The summed E-state index contributed by atoms with van der Waals surface area (Å²) in [5.41, 5.74) is 5.84. The van der Waals surface area contributed by atoms with Crippen molar-refractivity contribution in [3.05, 3.63) is 41.8 Å². The Morgan fingerprint density at radius 1 is 1.32 bits per heavy atom. The van der Waals surface area contributed by atoms with Crippen molar-refractivity contribution < 1.29 is 18.8 Å². The van der Waals surface area contributed by atoms with Crippen molar-refractivity contribution in [3.8, 4) is 5.75 Å². The molecule has 1 aromatic carbocycles. The predicted octanol–water partition coefficient (Wildman–Crippen LogP) is 1.67. The number of nitrogens with one attached hydrogen (secondary N) is 1. The van der Waals surface area contributed by atoms with E-state index in [1.165, 1.54) is 0 Å². The van der Waals surface area contributed by atoms with Crippen molar-refractivity contribution in [2.75, 3.05) is 11.9 Å². The zero-order valence-electron chi connectivity index (χ0n) is 11.7. The van der Waals surface area contributed by atoms with Crippen LogP contribution < -0.4 is 15.8 Å². The Morgan fingerprint density at radius 2 is 2.05 bits per heavy atom. The molecule has 0 spiro atoms. The van der Waals surface area contributed by atoms with Crippen LogP contribution in [-0.4, -0.2) is 23.6 Å². The fourth-order valence-corrected chi connectivity index (χ4v) is 1.94. The molecule has 1 aliphatic carbocycles. The maximum Gasteiger partial charge on any atom is 0.277 e. The monoisotopic (exact) mass is 301 g/mol. The number of rotatable bonds is 6. The molecule has 0 saturated heterocycles. The first-order valence-corrected chi connectivity index (χ1v) is 6.91. The van der Waals surface area contributed by atoms with Gasteiger partial charge in [-0.2, -0.15) is 0 Å².